The van der Waals surface area contributed by atoms with E-state index in [0.717, 1.165) is 77.0 Å². The standard InChI is InChI=1S/C35H61O10P/c1-3-5-7-9-11-12-13-14-15-16-17-18-19-20-21-23-25-27-35(39)45-33(31-44-46(40,41)43-29-32(37)28-36)30-42-34(38)26-24-22-10-8-6-4-2/h5,7,11-12,14-15,17-18,32-33,36-37H,3-4,6,8-10,13,16,19-31H2,1-2H3,(H,40,41)/b7-5-,12-11-,15-14-,18-17-. The first-order valence-electron chi connectivity index (χ1n) is 17.1. The maximum atomic E-state index is 12.5. The van der Waals surface area contributed by atoms with Gasteiger partial charge in [-0.25, -0.2) is 4.57 Å². The van der Waals surface area contributed by atoms with Gasteiger partial charge < -0.3 is 24.6 Å². The summed E-state index contributed by atoms with van der Waals surface area (Å²) in [6.45, 7) is 2.12. The van der Waals surface area contributed by atoms with Crippen molar-refractivity contribution in [1.82, 2.24) is 0 Å². The van der Waals surface area contributed by atoms with E-state index in [-0.39, 0.29) is 19.4 Å². The Morgan fingerprint density at radius 1 is 0.674 bits per heavy atom. The zero-order valence-corrected chi connectivity index (χ0v) is 29.2. The third-order valence-corrected chi connectivity index (χ3v) is 7.70. The molecule has 0 fully saturated rings. The van der Waals surface area contributed by atoms with Crippen molar-refractivity contribution in [3.8, 4) is 0 Å². The molecule has 0 heterocycles. The fourth-order valence-electron chi connectivity index (χ4n) is 4.10. The number of allylic oxidation sites excluding steroid dienone is 8. The lowest BCUT2D eigenvalue weighted by molar-refractivity contribution is -0.161. The number of hydrogen-bond donors (Lipinski definition) is 3. The van der Waals surface area contributed by atoms with Gasteiger partial charge in [-0.05, 0) is 51.4 Å². The molecule has 0 saturated carbocycles. The van der Waals surface area contributed by atoms with E-state index in [1.807, 2.05) is 0 Å². The van der Waals surface area contributed by atoms with E-state index in [1.54, 1.807) is 0 Å². The molecule has 0 aliphatic carbocycles. The van der Waals surface area contributed by atoms with E-state index >= 15 is 0 Å². The number of aliphatic hydroxyl groups excluding tert-OH is 2. The van der Waals surface area contributed by atoms with Crippen LogP contribution in [0, 0.1) is 0 Å². The van der Waals surface area contributed by atoms with Crippen molar-refractivity contribution in [3.63, 3.8) is 0 Å². The van der Waals surface area contributed by atoms with Crippen LogP contribution in [0.4, 0.5) is 0 Å². The molecule has 0 aromatic rings. The largest absolute Gasteiger partial charge is 0.472 e. The molecule has 0 aromatic carbocycles. The third kappa shape index (κ3) is 30.6. The van der Waals surface area contributed by atoms with Gasteiger partial charge in [0.15, 0.2) is 6.10 Å². The Kier molecular flexibility index (Phi) is 30.1. The number of unbranched alkanes of at least 4 members (excludes halogenated alkanes) is 9. The Morgan fingerprint density at radius 2 is 1.20 bits per heavy atom. The van der Waals surface area contributed by atoms with Gasteiger partial charge in [-0.1, -0.05) is 107 Å². The average molecular weight is 673 g/mol. The van der Waals surface area contributed by atoms with Gasteiger partial charge in [0.2, 0.25) is 0 Å². The number of phosphoric acid groups is 1. The summed E-state index contributed by atoms with van der Waals surface area (Å²) in [6, 6.07) is 0. The highest BCUT2D eigenvalue weighted by Gasteiger charge is 2.27. The topological polar surface area (TPSA) is 149 Å². The number of rotatable bonds is 31. The second-order valence-electron chi connectivity index (χ2n) is 11.2. The first-order valence-corrected chi connectivity index (χ1v) is 18.6. The molecule has 0 aliphatic rings. The van der Waals surface area contributed by atoms with E-state index in [2.05, 4.69) is 67.0 Å². The van der Waals surface area contributed by atoms with E-state index in [9.17, 15) is 24.2 Å². The summed E-state index contributed by atoms with van der Waals surface area (Å²) in [7, 11) is -4.61. The average Bonchev–Trinajstić information content (AvgIpc) is 3.04. The van der Waals surface area contributed by atoms with Crippen LogP contribution in [-0.4, -0.2) is 65.7 Å². The van der Waals surface area contributed by atoms with E-state index in [0.29, 0.717) is 12.8 Å². The minimum atomic E-state index is -4.61. The maximum Gasteiger partial charge on any atom is 0.472 e. The van der Waals surface area contributed by atoms with Crippen molar-refractivity contribution < 1.29 is 47.8 Å². The molecule has 0 aromatic heterocycles. The van der Waals surface area contributed by atoms with Gasteiger partial charge in [-0.3, -0.25) is 18.6 Å². The van der Waals surface area contributed by atoms with Crippen molar-refractivity contribution in [2.75, 3.05) is 26.4 Å². The van der Waals surface area contributed by atoms with Crippen LogP contribution in [0.15, 0.2) is 48.6 Å². The first-order chi connectivity index (χ1) is 22.2. The smallest absolute Gasteiger partial charge is 0.462 e. The van der Waals surface area contributed by atoms with Gasteiger partial charge in [0.05, 0.1) is 19.8 Å². The fourth-order valence-corrected chi connectivity index (χ4v) is 4.89. The molecule has 46 heavy (non-hydrogen) atoms. The van der Waals surface area contributed by atoms with Gasteiger partial charge in [0, 0.05) is 12.8 Å². The van der Waals surface area contributed by atoms with Crippen LogP contribution in [-0.2, 0) is 32.7 Å². The van der Waals surface area contributed by atoms with Gasteiger partial charge >= 0.3 is 19.8 Å². The Hall–Kier alpha value is -2.07. The number of ether oxygens (including phenoxy) is 2. The van der Waals surface area contributed by atoms with Crippen LogP contribution < -0.4 is 0 Å². The van der Waals surface area contributed by atoms with E-state index in [1.165, 1.54) is 6.42 Å². The lowest BCUT2D eigenvalue weighted by Gasteiger charge is -2.20. The summed E-state index contributed by atoms with van der Waals surface area (Å²) in [4.78, 5) is 34.5. The number of aliphatic hydroxyl groups is 2. The molecular formula is C35H61O10P. The number of phosphoric ester groups is 1. The molecule has 0 spiro atoms. The lowest BCUT2D eigenvalue weighted by atomic mass is 10.1. The molecule has 3 unspecified atom stereocenters. The van der Waals surface area contributed by atoms with Crippen LogP contribution in [0.1, 0.15) is 123 Å². The molecule has 0 saturated heterocycles. The van der Waals surface area contributed by atoms with Crippen molar-refractivity contribution >= 4 is 19.8 Å². The Balaban J connectivity index is 4.40. The predicted molar refractivity (Wildman–Crippen MR) is 182 cm³/mol. The number of hydrogen-bond acceptors (Lipinski definition) is 9. The summed E-state index contributed by atoms with van der Waals surface area (Å²) < 4.78 is 32.3. The Bertz CT molecular complexity index is 915. The van der Waals surface area contributed by atoms with Crippen molar-refractivity contribution in [2.45, 2.75) is 135 Å². The van der Waals surface area contributed by atoms with Gasteiger partial charge in [0.25, 0.3) is 0 Å². The Labute approximate surface area is 277 Å². The van der Waals surface area contributed by atoms with Crippen molar-refractivity contribution in [2.24, 2.45) is 0 Å². The van der Waals surface area contributed by atoms with Crippen molar-refractivity contribution in [3.05, 3.63) is 48.6 Å². The van der Waals surface area contributed by atoms with E-state index < -0.39 is 51.8 Å². The summed E-state index contributed by atoms with van der Waals surface area (Å²) in [5, 5.41) is 18.2. The van der Waals surface area contributed by atoms with Gasteiger partial charge in [-0.2, -0.15) is 0 Å². The fraction of sp³-hybridized carbons (Fsp3) is 0.714. The second kappa shape index (κ2) is 31.5. The second-order valence-corrected chi connectivity index (χ2v) is 12.6. The summed E-state index contributed by atoms with van der Waals surface area (Å²) in [5.74, 6) is -0.969. The molecule has 266 valence electrons. The molecule has 3 N–H and O–H groups in total. The quantitative estimate of drug-likeness (QED) is 0.0288. The molecular weight excluding hydrogens is 611 g/mol. The van der Waals surface area contributed by atoms with Crippen LogP contribution in [0.2, 0.25) is 0 Å². The highest BCUT2D eigenvalue weighted by molar-refractivity contribution is 7.47. The van der Waals surface area contributed by atoms with Crippen LogP contribution in [0.25, 0.3) is 0 Å². The number of esters is 2. The molecule has 0 aliphatic heterocycles. The highest BCUT2D eigenvalue weighted by Crippen LogP contribution is 2.43. The SMILES string of the molecule is CC/C=C\C/C=C\C/C=C\C/C=C\CCCCCCC(=O)OC(COC(=O)CCCCCCCC)COP(=O)(O)OCC(O)CO. The molecule has 0 bridgehead atoms. The minimum absolute atomic E-state index is 0.155. The molecule has 0 radical (unpaired) electrons. The predicted octanol–water partition coefficient (Wildman–Crippen LogP) is 7.82. The van der Waals surface area contributed by atoms with Gasteiger partial charge in [0.1, 0.15) is 12.7 Å². The van der Waals surface area contributed by atoms with Crippen LogP contribution in [0.5, 0.6) is 0 Å². The zero-order valence-electron chi connectivity index (χ0n) is 28.3. The normalized spacial score (nSPS) is 14.8. The molecule has 3 atom stereocenters. The van der Waals surface area contributed by atoms with Crippen LogP contribution in [0.3, 0.4) is 0 Å². The van der Waals surface area contributed by atoms with Gasteiger partial charge in [-0.15, -0.1) is 0 Å². The highest BCUT2D eigenvalue weighted by atomic mass is 31.2. The number of carbonyl (C=O) groups is 2. The van der Waals surface area contributed by atoms with E-state index in [4.69, 9.17) is 19.1 Å². The summed E-state index contributed by atoms with van der Waals surface area (Å²) in [5.41, 5.74) is 0. The lowest BCUT2D eigenvalue weighted by Crippen LogP contribution is -2.29. The monoisotopic (exact) mass is 672 g/mol. The Morgan fingerprint density at radius 3 is 1.80 bits per heavy atom. The first kappa shape index (κ1) is 43.9. The van der Waals surface area contributed by atoms with Crippen molar-refractivity contribution in [1.29, 1.82) is 0 Å². The molecule has 0 rings (SSSR count). The minimum Gasteiger partial charge on any atom is -0.462 e. The molecule has 11 heteroatoms. The molecule has 0 amide bonds. The van der Waals surface area contributed by atoms with Crippen LogP contribution >= 0.6 is 7.82 Å². The third-order valence-electron chi connectivity index (χ3n) is 6.75. The number of carbonyl (C=O) groups excluding carboxylic acids is 2. The molecule has 10 nitrogen and oxygen atoms in total. The summed E-state index contributed by atoms with van der Waals surface area (Å²) >= 11 is 0. The zero-order chi connectivity index (χ0) is 34.1. The maximum absolute atomic E-state index is 12.5. The summed E-state index contributed by atoms with van der Waals surface area (Å²) in [6.07, 6.45) is 29.8.